The molecule has 3 rings (SSSR count). The van der Waals surface area contributed by atoms with Crippen LogP contribution in [-0.2, 0) is 0 Å². The average Bonchev–Trinajstić information content (AvgIpc) is 2.92. The Balaban J connectivity index is 1.73. The van der Waals surface area contributed by atoms with Crippen LogP contribution in [-0.4, -0.2) is 69.3 Å². The molecule has 0 aliphatic rings. The van der Waals surface area contributed by atoms with Crippen LogP contribution in [0.2, 0.25) is 0 Å². The Bertz CT molecular complexity index is 1380. The second-order valence-corrected chi connectivity index (χ2v) is 9.06. The van der Waals surface area contributed by atoms with Crippen LogP contribution in [0, 0.1) is 18.2 Å². The van der Waals surface area contributed by atoms with Crippen molar-refractivity contribution in [2.24, 2.45) is 5.10 Å². The predicted molar refractivity (Wildman–Crippen MR) is 153 cm³/mol. The van der Waals surface area contributed by atoms with Gasteiger partial charge < -0.3 is 25.3 Å². The molecule has 0 unspecified atom stereocenters. The largest absolute Gasteiger partial charge is 0.497 e. The quantitative estimate of drug-likeness (QED) is 0.216. The molecule has 39 heavy (non-hydrogen) atoms. The maximum atomic E-state index is 14.9. The van der Waals surface area contributed by atoms with Crippen LogP contribution in [0.25, 0.3) is 0 Å². The Labute approximate surface area is 228 Å². The number of hydrazone groups is 1. The van der Waals surface area contributed by atoms with Gasteiger partial charge in [-0.2, -0.15) is 5.10 Å². The highest BCUT2D eigenvalue weighted by Crippen LogP contribution is 2.25. The Hall–Kier alpha value is -4.68. The van der Waals surface area contributed by atoms with Crippen molar-refractivity contribution in [3.8, 4) is 18.1 Å². The van der Waals surface area contributed by atoms with Crippen LogP contribution >= 0.6 is 0 Å². The number of hydrogen-bond acceptors (Lipinski definition) is 6. The Morgan fingerprint density at radius 1 is 0.974 bits per heavy atom. The zero-order valence-electron chi connectivity index (χ0n) is 22.5. The van der Waals surface area contributed by atoms with E-state index in [-0.39, 0.29) is 16.8 Å². The van der Waals surface area contributed by atoms with Gasteiger partial charge in [-0.25, -0.2) is 4.39 Å². The van der Waals surface area contributed by atoms with E-state index in [1.807, 2.05) is 21.1 Å². The molecule has 0 saturated heterocycles. The van der Waals surface area contributed by atoms with Gasteiger partial charge in [0.2, 0.25) is 0 Å². The fraction of sp³-hybridized carbons (Fsp3) is 0.233. The van der Waals surface area contributed by atoms with E-state index in [2.05, 4.69) is 26.6 Å². The number of carbonyl (C=O) groups excluding carboxylic acids is 2. The van der Waals surface area contributed by atoms with Gasteiger partial charge in [-0.3, -0.25) is 9.59 Å². The number of hydrogen-bond donors (Lipinski definition) is 2. The summed E-state index contributed by atoms with van der Waals surface area (Å²) < 4.78 is 20.1. The summed E-state index contributed by atoms with van der Waals surface area (Å²) in [5, 5.41) is 11.5. The van der Waals surface area contributed by atoms with Gasteiger partial charge in [-0.1, -0.05) is 12.0 Å². The number of carbonyl (C=O) groups is 2. The summed E-state index contributed by atoms with van der Waals surface area (Å²) in [6, 6.07) is 15.6. The minimum absolute atomic E-state index is 0.144. The lowest BCUT2D eigenvalue weighted by atomic mass is 10.1. The molecule has 8 nitrogen and oxygen atoms in total. The topological polar surface area (TPSA) is 86.3 Å². The van der Waals surface area contributed by atoms with Crippen molar-refractivity contribution in [2.75, 3.05) is 52.0 Å². The van der Waals surface area contributed by atoms with Crippen LogP contribution in [0.4, 0.5) is 15.8 Å². The smallest absolute Gasteiger partial charge is 0.258 e. The number of rotatable bonds is 11. The fourth-order valence-electron chi connectivity index (χ4n) is 3.62. The molecule has 0 spiro atoms. The van der Waals surface area contributed by atoms with E-state index in [0.717, 1.165) is 19.5 Å². The van der Waals surface area contributed by atoms with Crippen molar-refractivity contribution in [3.05, 3.63) is 88.7 Å². The molecule has 2 N–H and O–H groups in total. The molecule has 3 aromatic carbocycles. The molecule has 0 saturated carbocycles. The van der Waals surface area contributed by atoms with E-state index in [9.17, 15) is 14.0 Å². The van der Waals surface area contributed by atoms with Crippen molar-refractivity contribution in [2.45, 2.75) is 6.42 Å². The van der Waals surface area contributed by atoms with Gasteiger partial charge in [0.05, 0.1) is 30.1 Å². The van der Waals surface area contributed by atoms with Crippen molar-refractivity contribution < 1.29 is 18.7 Å². The van der Waals surface area contributed by atoms with E-state index in [1.54, 1.807) is 47.6 Å². The SMILES string of the molecule is C#Cc1ccc(NC(=O)c2cc(OC)ccc2NC(=O)c2ccc(C=NN(C)CCCN(C)C)cc2F)cc1. The summed E-state index contributed by atoms with van der Waals surface area (Å²) in [6.45, 7) is 1.70. The normalized spacial score (nSPS) is 10.8. The summed E-state index contributed by atoms with van der Waals surface area (Å²) >= 11 is 0. The summed E-state index contributed by atoms with van der Waals surface area (Å²) in [5.41, 5.74) is 1.88. The highest BCUT2D eigenvalue weighted by molar-refractivity contribution is 6.13. The van der Waals surface area contributed by atoms with Gasteiger partial charge in [0, 0.05) is 24.8 Å². The number of nitrogens with one attached hydrogen (secondary N) is 2. The molecule has 0 aliphatic heterocycles. The lowest BCUT2D eigenvalue weighted by molar-refractivity contribution is 0.102. The molecule has 3 aromatic rings. The zero-order valence-corrected chi connectivity index (χ0v) is 22.5. The second-order valence-electron chi connectivity index (χ2n) is 9.06. The van der Waals surface area contributed by atoms with Gasteiger partial charge in [-0.15, -0.1) is 6.42 Å². The first-order valence-corrected chi connectivity index (χ1v) is 12.3. The number of methoxy groups -OCH3 is 1. The van der Waals surface area contributed by atoms with Crippen LogP contribution in [0.3, 0.4) is 0 Å². The standard InChI is InChI=1S/C30H32FN5O3/c1-6-21-8-11-23(12-9-21)33-30(38)26-19-24(39-5)13-15-28(26)34-29(37)25-14-10-22(18-27(25)31)20-32-36(4)17-7-16-35(2)3/h1,8-15,18-20H,7,16-17H2,2-5H3,(H,33,38)(H,34,37). The van der Waals surface area contributed by atoms with E-state index in [4.69, 9.17) is 11.2 Å². The van der Waals surface area contributed by atoms with Gasteiger partial charge >= 0.3 is 0 Å². The average molecular weight is 530 g/mol. The van der Waals surface area contributed by atoms with Gasteiger partial charge in [-0.05, 0) is 87.2 Å². The molecule has 0 heterocycles. The van der Waals surface area contributed by atoms with Crippen molar-refractivity contribution in [1.29, 1.82) is 0 Å². The molecular formula is C30H32FN5O3. The van der Waals surface area contributed by atoms with Crippen molar-refractivity contribution in [3.63, 3.8) is 0 Å². The van der Waals surface area contributed by atoms with E-state index in [1.165, 1.54) is 31.4 Å². The maximum Gasteiger partial charge on any atom is 0.258 e. The molecule has 0 aliphatic carbocycles. The third-order valence-electron chi connectivity index (χ3n) is 5.76. The number of amides is 2. The first-order valence-electron chi connectivity index (χ1n) is 12.3. The molecule has 2 amide bonds. The van der Waals surface area contributed by atoms with Gasteiger partial charge in [0.1, 0.15) is 11.6 Å². The molecule has 0 atom stereocenters. The lowest BCUT2D eigenvalue weighted by Crippen LogP contribution is -2.20. The second kappa shape index (κ2) is 13.7. The van der Waals surface area contributed by atoms with E-state index < -0.39 is 17.6 Å². The molecule has 0 radical (unpaired) electrons. The minimum atomic E-state index is -0.708. The summed E-state index contributed by atoms with van der Waals surface area (Å²) in [4.78, 5) is 28.1. The third kappa shape index (κ3) is 8.42. The van der Waals surface area contributed by atoms with Crippen molar-refractivity contribution >= 4 is 29.4 Å². The maximum absolute atomic E-state index is 14.9. The molecule has 0 bridgehead atoms. The first kappa shape index (κ1) is 28.9. The Morgan fingerprint density at radius 3 is 2.33 bits per heavy atom. The summed E-state index contributed by atoms with van der Waals surface area (Å²) in [7, 11) is 7.33. The molecular weight excluding hydrogens is 497 g/mol. The monoisotopic (exact) mass is 529 g/mol. The van der Waals surface area contributed by atoms with Gasteiger partial charge in [0.15, 0.2) is 0 Å². The number of anilines is 2. The lowest BCUT2D eigenvalue weighted by Gasteiger charge is -2.15. The molecule has 0 fully saturated rings. The minimum Gasteiger partial charge on any atom is -0.497 e. The zero-order chi connectivity index (χ0) is 28.4. The highest BCUT2D eigenvalue weighted by Gasteiger charge is 2.18. The van der Waals surface area contributed by atoms with E-state index in [0.29, 0.717) is 22.6 Å². The fourth-order valence-corrected chi connectivity index (χ4v) is 3.62. The predicted octanol–water partition coefficient (Wildman–Crippen LogP) is 4.54. The third-order valence-corrected chi connectivity index (χ3v) is 5.76. The summed E-state index contributed by atoms with van der Waals surface area (Å²) in [5.74, 6) is 1.04. The van der Waals surface area contributed by atoms with E-state index >= 15 is 0 Å². The highest BCUT2D eigenvalue weighted by atomic mass is 19.1. The molecule has 9 heteroatoms. The number of nitrogens with zero attached hydrogens (tertiary/aromatic N) is 3. The number of benzene rings is 3. The van der Waals surface area contributed by atoms with Crippen molar-refractivity contribution in [1.82, 2.24) is 9.91 Å². The Morgan fingerprint density at radius 2 is 1.69 bits per heavy atom. The van der Waals surface area contributed by atoms with Crippen LogP contribution in [0.5, 0.6) is 5.75 Å². The van der Waals surface area contributed by atoms with Gasteiger partial charge in [0.25, 0.3) is 11.8 Å². The molecule has 202 valence electrons. The Kier molecular flexibility index (Phi) is 10.2. The number of terminal acetylenes is 1. The van der Waals surface area contributed by atoms with Crippen LogP contribution < -0.4 is 15.4 Å². The first-order chi connectivity index (χ1) is 18.7. The summed E-state index contributed by atoms with van der Waals surface area (Å²) in [6.07, 6.45) is 7.87. The number of ether oxygens (including phenoxy) is 1. The van der Waals surface area contributed by atoms with Crippen LogP contribution in [0.1, 0.15) is 38.3 Å². The molecule has 0 aromatic heterocycles. The van der Waals surface area contributed by atoms with Crippen LogP contribution in [0.15, 0.2) is 65.8 Å². The number of halogens is 1.